The van der Waals surface area contributed by atoms with Crippen LogP contribution in [-0.4, -0.2) is 82.3 Å². The minimum atomic E-state index is -1.07. The number of nitrogens with zero attached hydrogens (tertiary/aromatic N) is 1. The summed E-state index contributed by atoms with van der Waals surface area (Å²) in [6, 6.07) is 15.0. The summed E-state index contributed by atoms with van der Waals surface area (Å²) >= 11 is 0. The van der Waals surface area contributed by atoms with E-state index in [-0.39, 0.29) is 56.0 Å². The third kappa shape index (κ3) is 9.78. The Morgan fingerprint density at radius 1 is 0.935 bits per heavy atom. The van der Waals surface area contributed by atoms with Crippen LogP contribution in [0.5, 0.6) is 0 Å². The van der Waals surface area contributed by atoms with Gasteiger partial charge in [-0.3, -0.25) is 29.4 Å². The molecule has 2 heterocycles. The summed E-state index contributed by atoms with van der Waals surface area (Å²) in [6.45, 7) is 0.290. The summed E-state index contributed by atoms with van der Waals surface area (Å²) in [7, 11) is 0. The molecular formula is C33H43N7O6. The van der Waals surface area contributed by atoms with Crippen molar-refractivity contribution in [1.82, 2.24) is 26.2 Å². The van der Waals surface area contributed by atoms with E-state index in [1.807, 2.05) is 60.7 Å². The number of carboxylic acid groups (broad SMARTS) is 1. The molecule has 1 unspecified atom stereocenters. The van der Waals surface area contributed by atoms with Crippen LogP contribution in [-0.2, 0) is 36.8 Å². The summed E-state index contributed by atoms with van der Waals surface area (Å²) < 4.78 is 0. The third-order valence-electron chi connectivity index (χ3n) is 8.40. The van der Waals surface area contributed by atoms with Gasteiger partial charge in [-0.05, 0) is 56.1 Å². The zero-order valence-electron chi connectivity index (χ0n) is 25.7. The molecule has 8 N–H and O–H groups in total. The topological polar surface area (TPSA) is 207 Å². The fourth-order valence-electron chi connectivity index (χ4n) is 6.23. The first-order valence-electron chi connectivity index (χ1n) is 15.7. The van der Waals surface area contributed by atoms with Gasteiger partial charge >= 0.3 is 5.97 Å². The van der Waals surface area contributed by atoms with Crippen LogP contribution in [0.2, 0.25) is 0 Å². The molecule has 0 aromatic heterocycles. The maximum absolute atomic E-state index is 13.7. The predicted molar refractivity (Wildman–Crippen MR) is 170 cm³/mol. The van der Waals surface area contributed by atoms with Crippen molar-refractivity contribution >= 4 is 35.6 Å². The Labute approximate surface area is 268 Å². The zero-order valence-corrected chi connectivity index (χ0v) is 25.7. The van der Waals surface area contributed by atoms with Crippen LogP contribution in [0.25, 0.3) is 0 Å². The molecule has 0 saturated carbocycles. The second kappa shape index (κ2) is 16.4. The Morgan fingerprint density at radius 3 is 2.24 bits per heavy atom. The highest BCUT2D eigenvalue weighted by atomic mass is 16.4. The van der Waals surface area contributed by atoms with Gasteiger partial charge in [-0.25, -0.2) is 0 Å². The van der Waals surface area contributed by atoms with Crippen molar-refractivity contribution in [1.29, 1.82) is 5.41 Å². The van der Waals surface area contributed by atoms with Gasteiger partial charge in [0.25, 0.3) is 0 Å². The molecule has 4 rings (SSSR count). The van der Waals surface area contributed by atoms with Crippen molar-refractivity contribution in [2.24, 2.45) is 5.73 Å². The molecule has 0 spiro atoms. The number of nitrogens with two attached hydrogens (primary N) is 1. The second-order valence-corrected chi connectivity index (χ2v) is 11.9. The molecule has 2 aromatic rings. The van der Waals surface area contributed by atoms with Gasteiger partial charge in [0.15, 0.2) is 5.96 Å². The molecule has 13 nitrogen and oxygen atoms in total. The van der Waals surface area contributed by atoms with Crippen LogP contribution in [0.3, 0.4) is 0 Å². The molecule has 2 aliphatic heterocycles. The van der Waals surface area contributed by atoms with Crippen molar-refractivity contribution in [2.45, 2.75) is 88.0 Å². The lowest BCUT2D eigenvalue weighted by Crippen LogP contribution is -2.60. The molecule has 13 heteroatoms. The molecule has 2 fully saturated rings. The second-order valence-electron chi connectivity index (χ2n) is 11.9. The van der Waals surface area contributed by atoms with Crippen molar-refractivity contribution in [3.63, 3.8) is 0 Å². The molecule has 46 heavy (non-hydrogen) atoms. The lowest BCUT2D eigenvalue weighted by molar-refractivity contribution is -0.146. The van der Waals surface area contributed by atoms with Crippen molar-refractivity contribution in [3.05, 3.63) is 71.8 Å². The van der Waals surface area contributed by atoms with Gasteiger partial charge in [-0.15, -0.1) is 0 Å². The number of amides is 4. The van der Waals surface area contributed by atoms with Crippen LogP contribution < -0.4 is 27.0 Å². The highest BCUT2D eigenvalue weighted by molar-refractivity contribution is 5.95. The summed E-state index contributed by atoms with van der Waals surface area (Å²) in [6.07, 6.45) is 2.86. The quantitative estimate of drug-likeness (QED) is 0.0847. The van der Waals surface area contributed by atoms with Gasteiger partial charge in [-0.2, -0.15) is 0 Å². The number of rotatable bonds is 15. The number of carbonyl (C=O) groups excluding carboxylic acids is 4. The lowest BCUT2D eigenvalue weighted by Gasteiger charge is -2.38. The largest absolute Gasteiger partial charge is 0.481 e. The van der Waals surface area contributed by atoms with Gasteiger partial charge in [0.2, 0.25) is 23.6 Å². The van der Waals surface area contributed by atoms with Crippen molar-refractivity contribution in [3.8, 4) is 0 Å². The Kier molecular flexibility index (Phi) is 12.1. The summed E-state index contributed by atoms with van der Waals surface area (Å²) in [4.78, 5) is 66.7. The fourth-order valence-corrected chi connectivity index (χ4v) is 6.23. The molecule has 0 radical (unpaired) electrons. The molecule has 4 amide bonds. The average Bonchev–Trinajstić information content (AvgIpc) is 3.46. The Balaban J connectivity index is 1.42. The van der Waals surface area contributed by atoms with E-state index in [0.717, 1.165) is 11.1 Å². The zero-order chi connectivity index (χ0) is 33.1. The van der Waals surface area contributed by atoms with Gasteiger partial charge < -0.3 is 37.0 Å². The molecule has 0 aliphatic carbocycles. The van der Waals surface area contributed by atoms with Gasteiger partial charge in [0.05, 0.1) is 12.8 Å². The Morgan fingerprint density at radius 2 is 1.59 bits per heavy atom. The molecule has 2 aromatic carbocycles. The first-order chi connectivity index (χ1) is 22.1. The molecule has 2 saturated heterocycles. The van der Waals surface area contributed by atoms with Gasteiger partial charge in [0.1, 0.15) is 18.1 Å². The van der Waals surface area contributed by atoms with Crippen molar-refractivity contribution in [2.75, 3.05) is 6.54 Å². The van der Waals surface area contributed by atoms with E-state index in [9.17, 15) is 29.1 Å². The highest BCUT2D eigenvalue weighted by Gasteiger charge is 2.46. The van der Waals surface area contributed by atoms with E-state index in [0.29, 0.717) is 32.1 Å². The average molecular weight is 634 g/mol. The number of hydrogen-bond acceptors (Lipinski definition) is 6. The number of carboxylic acids is 1. The summed E-state index contributed by atoms with van der Waals surface area (Å²) in [5.74, 6) is -2.90. The van der Waals surface area contributed by atoms with Crippen molar-refractivity contribution < 1.29 is 29.1 Å². The minimum Gasteiger partial charge on any atom is -0.481 e. The lowest BCUT2D eigenvalue weighted by atomic mass is 9.97. The highest BCUT2D eigenvalue weighted by Crippen LogP contribution is 2.33. The summed E-state index contributed by atoms with van der Waals surface area (Å²) in [5, 5.41) is 28.0. The number of guanidine groups is 1. The van der Waals surface area contributed by atoms with E-state index < -0.39 is 42.0 Å². The maximum Gasteiger partial charge on any atom is 0.305 e. The number of fused-ring (bicyclic) bond motifs is 1. The van der Waals surface area contributed by atoms with Crippen LogP contribution in [0, 0.1) is 5.41 Å². The number of carbonyl (C=O) groups is 5. The third-order valence-corrected chi connectivity index (χ3v) is 8.40. The van der Waals surface area contributed by atoms with E-state index in [4.69, 9.17) is 11.1 Å². The Hall–Kier alpha value is -4.94. The van der Waals surface area contributed by atoms with E-state index >= 15 is 0 Å². The molecule has 246 valence electrons. The molecular weight excluding hydrogens is 590 g/mol. The van der Waals surface area contributed by atoms with Crippen LogP contribution in [0.4, 0.5) is 0 Å². The van der Waals surface area contributed by atoms with E-state index in [2.05, 4.69) is 21.3 Å². The Bertz CT molecular complexity index is 1390. The number of aliphatic carboxylic acids is 1. The first kappa shape index (κ1) is 33.9. The smallest absolute Gasteiger partial charge is 0.305 e. The monoisotopic (exact) mass is 633 g/mol. The minimum absolute atomic E-state index is 0.136. The standard InChI is InChI=1S/C33H43N7O6/c34-33(35)36-17-7-12-25(30(44)37-23(20-29(42)43)18-21-8-3-1-4-9-21)39-31(45)27-16-14-24-13-15-26(32(46)40(24)27)38-28(41)19-22-10-5-2-6-11-22/h1-6,8-11,23-27H,7,12-20H2,(H,37,44)(H,38,41)(H,39,45)(H,42,43)(H4,34,35,36)/t23-,24+,25-,26?,27+/m1/s1. The number of benzene rings is 2. The van der Waals surface area contributed by atoms with E-state index in [1.165, 1.54) is 0 Å². The summed E-state index contributed by atoms with van der Waals surface area (Å²) in [5.41, 5.74) is 7.06. The molecule has 5 atom stereocenters. The predicted octanol–water partition coefficient (Wildman–Crippen LogP) is 0.818. The van der Waals surface area contributed by atoms with Gasteiger partial charge in [0, 0.05) is 18.6 Å². The number of nitrogens with one attached hydrogen (secondary N) is 5. The van der Waals surface area contributed by atoms with Crippen LogP contribution >= 0.6 is 0 Å². The van der Waals surface area contributed by atoms with E-state index in [1.54, 1.807) is 4.90 Å². The maximum atomic E-state index is 13.7. The fraction of sp³-hybridized carbons (Fsp3) is 0.455. The molecule has 2 aliphatic rings. The molecule has 0 bridgehead atoms. The number of hydrogen-bond donors (Lipinski definition) is 7. The van der Waals surface area contributed by atoms with Gasteiger partial charge in [-0.1, -0.05) is 60.7 Å². The SMILES string of the molecule is N=C(N)NCCC[C@@H](NC(=O)[C@@H]1CC[C@@H]2CCC(NC(=O)Cc3ccccc3)C(=O)N21)C(=O)N[C@@H](CC(=O)O)Cc1ccccc1. The van der Waals surface area contributed by atoms with Crippen LogP contribution in [0.15, 0.2) is 60.7 Å². The normalized spacial score (nSPS) is 20.1. The number of piperidine rings is 1. The van der Waals surface area contributed by atoms with Crippen LogP contribution in [0.1, 0.15) is 56.1 Å². The first-order valence-corrected chi connectivity index (χ1v) is 15.7.